The summed E-state index contributed by atoms with van der Waals surface area (Å²) < 4.78 is 6.90. The van der Waals surface area contributed by atoms with Gasteiger partial charge < -0.3 is 4.74 Å². The third-order valence-electron chi connectivity index (χ3n) is 10.4. The molecule has 1 aliphatic heterocycles. The van der Waals surface area contributed by atoms with Crippen molar-refractivity contribution in [1.82, 2.24) is 0 Å². The number of fused-ring (bicyclic) bond motifs is 11. The molecule has 4 aliphatic rings. The predicted octanol–water partition coefficient (Wildman–Crippen LogP) is 10.3. The first-order chi connectivity index (χ1) is 19.7. The summed E-state index contributed by atoms with van der Waals surface area (Å²) in [6, 6.07) is 39.8. The van der Waals surface area contributed by atoms with E-state index in [-0.39, 0.29) is 0 Å². The first-order valence-corrected chi connectivity index (χ1v) is 15.0. The average Bonchev–Trinajstić information content (AvgIpc) is 3.70. The summed E-state index contributed by atoms with van der Waals surface area (Å²) in [5, 5.41) is 0.739. The fourth-order valence-corrected chi connectivity index (χ4v) is 8.96. The molecule has 0 unspecified atom stereocenters. The van der Waals surface area contributed by atoms with Gasteiger partial charge in [-0.2, -0.15) is 0 Å². The first kappa shape index (κ1) is 22.9. The summed E-state index contributed by atoms with van der Waals surface area (Å²) in [4.78, 5) is 0. The molecule has 40 heavy (non-hydrogen) atoms. The van der Waals surface area contributed by atoms with Gasteiger partial charge >= 0.3 is 0 Å². The Morgan fingerprint density at radius 1 is 0.625 bits per heavy atom. The summed E-state index contributed by atoms with van der Waals surface area (Å²) in [5.41, 5.74) is 11.0. The quantitative estimate of drug-likeness (QED) is 0.213. The Balaban J connectivity index is 1.34. The van der Waals surface area contributed by atoms with Crippen LogP contribution in [0.15, 0.2) is 109 Å². The maximum absolute atomic E-state index is 7.05. The second-order valence-corrected chi connectivity index (χ2v) is 12.7. The normalized spacial score (nSPS) is 22.4. The van der Waals surface area contributed by atoms with Gasteiger partial charge in [0.05, 0.1) is 5.41 Å². The van der Waals surface area contributed by atoms with Gasteiger partial charge in [0.25, 0.3) is 0 Å². The van der Waals surface area contributed by atoms with Crippen molar-refractivity contribution in [2.24, 2.45) is 5.92 Å². The lowest BCUT2D eigenvalue weighted by molar-refractivity contribution is 0.419. The maximum atomic E-state index is 7.05. The lowest BCUT2D eigenvalue weighted by Gasteiger charge is -2.40. The average molecular weight is 537 g/mol. The molecular formula is C38H29ClO. The van der Waals surface area contributed by atoms with E-state index in [9.17, 15) is 0 Å². The Morgan fingerprint density at radius 2 is 1.30 bits per heavy atom. The number of ether oxygens (including phenoxy) is 1. The lowest BCUT2D eigenvalue weighted by atomic mass is 9.65. The van der Waals surface area contributed by atoms with E-state index in [1.807, 2.05) is 0 Å². The molecule has 2 bridgehead atoms. The van der Waals surface area contributed by atoms with Crippen molar-refractivity contribution in [3.63, 3.8) is 0 Å². The summed E-state index contributed by atoms with van der Waals surface area (Å²) in [5.74, 6) is 2.74. The molecule has 0 radical (unpaired) electrons. The van der Waals surface area contributed by atoms with E-state index in [1.54, 1.807) is 0 Å². The first-order valence-electron chi connectivity index (χ1n) is 14.6. The molecule has 5 aromatic carbocycles. The summed E-state index contributed by atoms with van der Waals surface area (Å²) in [6.07, 6.45) is 6.71. The van der Waals surface area contributed by atoms with Crippen molar-refractivity contribution < 1.29 is 4.74 Å². The lowest BCUT2D eigenvalue weighted by Crippen LogP contribution is -2.32. The molecule has 1 nitrogen and oxygen atoms in total. The highest BCUT2D eigenvalue weighted by molar-refractivity contribution is 6.31. The smallest absolute Gasteiger partial charge is 0.140 e. The zero-order chi connectivity index (χ0) is 26.5. The molecule has 0 atom stereocenters. The van der Waals surface area contributed by atoms with E-state index in [0.29, 0.717) is 5.41 Å². The Hall–Kier alpha value is -3.81. The van der Waals surface area contributed by atoms with Crippen molar-refractivity contribution >= 4 is 11.6 Å². The van der Waals surface area contributed by atoms with Gasteiger partial charge in [-0.05, 0) is 95.0 Å². The van der Waals surface area contributed by atoms with Gasteiger partial charge in [0.1, 0.15) is 11.5 Å². The van der Waals surface area contributed by atoms with Gasteiger partial charge in [-0.25, -0.2) is 0 Å². The molecule has 3 aliphatic carbocycles. The Bertz CT molecular complexity index is 1800. The molecule has 0 N–H and O–H groups in total. The van der Waals surface area contributed by atoms with Gasteiger partial charge in [0.15, 0.2) is 0 Å². The molecule has 0 amide bonds. The van der Waals surface area contributed by atoms with Gasteiger partial charge in [-0.15, -0.1) is 0 Å². The maximum Gasteiger partial charge on any atom is 0.140 e. The van der Waals surface area contributed by atoms with E-state index in [0.717, 1.165) is 33.6 Å². The van der Waals surface area contributed by atoms with Crippen LogP contribution in [0.1, 0.15) is 59.9 Å². The monoisotopic (exact) mass is 536 g/mol. The molecule has 0 aromatic heterocycles. The van der Waals surface area contributed by atoms with Gasteiger partial charge in [0, 0.05) is 21.7 Å². The predicted molar refractivity (Wildman–Crippen MR) is 163 cm³/mol. The molecule has 1 heterocycles. The third-order valence-corrected chi connectivity index (χ3v) is 10.7. The zero-order valence-corrected chi connectivity index (χ0v) is 23.0. The fourth-order valence-electron chi connectivity index (χ4n) is 8.75. The third kappa shape index (κ3) is 2.89. The molecule has 2 fully saturated rings. The zero-order valence-electron chi connectivity index (χ0n) is 22.3. The van der Waals surface area contributed by atoms with Crippen LogP contribution < -0.4 is 4.74 Å². The van der Waals surface area contributed by atoms with Gasteiger partial charge in [0.2, 0.25) is 0 Å². The standard InChI is InChI=1S/C38H29ClO/c39-27-21-30(25-8-7-9-26(20-25)37-18-16-24(23-37)17-19-37)36-34(22-27)38(33-14-5-6-15-35(33)40-36)31-12-3-1-10-28(31)29-11-2-4-13-32(29)38/h1-15,20-22,24H,16-19,23H2. The van der Waals surface area contributed by atoms with E-state index in [1.165, 1.54) is 71.0 Å². The van der Waals surface area contributed by atoms with Crippen LogP contribution in [0, 0.1) is 5.92 Å². The molecule has 1 spiro atoms. The number of hydrogen-bond acceptors (Lipinski definition) is 1. The Morgan fingerprint density at radius 3 is 2.00 bits per heavy atom. The highest BCUT2D eigenvalue weighted by Gasteiger charge is 2.52. The highest BCUT2D eigenvalue weighted by atomic mass is 35.5. The Kier molecular flexibility index (Phi) is 4.66. The van der Waals surface area contributed by atoms with E-state index in [2.05, 4.69) is 109 Å². The topological polar surface area (TPSA) is 9.23 Å². The van der Waals surface area contributed by atoms with Crippen LogP contribution in [0.3, 0.4) is 0 Å². The minimum atomic E-state index is -0.503. The van der Waals surface area contributed by atoms with Crippen molar-refractivity contribution in [3.05, 3.63) is 142 Å². The number of para-hydroxylation sites is 1. The van der Waals surface area contributed by atoms with Crippen LogP contribution in [0.25, 0.3) is 22.3 Å². The molecule has 5 aromatic rings. The van der Waals surface area contributed by atoms with E-state index < -0.39 is 5.41 Å². The fraction of sp³-hybridized carbons (Fsp3) is 0.211. The number of halogens is 1. The van der Waals surface area contributed by atoms with Crippen LogP contribution in [0.5, 0.6) is 11.5 Å². The molecule has 9 rings (SSSR count). The summed E-state index contributed by atoms with van der Waals surface area (Å²) in [6.45, 7) is 0. The van der Waals surface area contributed by atoms with Gasteiger partial charge in [-0.3, -0.25) is 0 Å². The van der Waals surface area contributed by atoms with Crippen molar-refractivity contribution in [2.45, 2.75) is 42.9 Å². The minimum absolute atomic E-state index is 0.345. The Labute approximate surface area is 240 Å². The molecule has 0 saturated heterocycles. The summed E-state index contributed by atoms with van der Waals surface area (Å²) >= 11 is 7.05. The second-order valence-electron chi connectivity index (χ2n) is 12.3. The highest BCUT2D eigenvalue weighted by Crippen LogP contribution is 2.63. The van der Waals surface area contributed by atoms with E-state index in [4.69, 9.17) is 16.3 Å². The number of hydrogen-bond donors (Lipinski definition) is 0. The number of benzene rings is 5. The second kappa shape index (κ2) is 8.12. The molecule has 2 heteroatoms. The van der Waals surface area contributed by atoms with Crippen molar-refractivity contribution in [3.8, 4) is 33.8 Å². The van der Waals surface area contributed by atoms with Crippen LogP contribution in [-0.4, -0.2) is 0 Å². The van der Waals surface area contributed by atoms with Crippen molar-refractivity contribution in [1.29, 1.82) is 0 Å². The largest absolute Gasteiger partial charge is 0.456 e. The molecule has 2 saturated carbocycles. The molecular weight excluding hydrogens is 508 g/mol. The van der Waals surface area contributed by atoms with Crippen molar-refractivity contribution in [2.75, 3.05) is 0 Å². The van der Waals surface area contributed by atoms with Gasteiger partial charge in [-0.1, -0.05) is 103 Å². The number of rotatable bonds is 2. The minimum Gasteiger partial charge on any atom is -0.456 e. The van der Waals surface area contributed by atoms with Crippen LogP contribution in [0.2, 0.25) is 5.02 Å². The van der Waals surface area contributed by atoms with Crippen LogP contribution >= 0.6 is 11.6 Å². The summed E-state index contributed by atoms with van der Waals surface area (Å²) in [7, 11) is 0. The van der Waals surface area contributed by atoms with Crippen LogP contribution in [-0.2, 0) is 10.8 Å². The molecule has 194 valence electrons. The van der Waals surface area contributed by atoms with Crippen LogP contribution in [0.4, 0.5) is 0 Å². The van der Waals surface area contributed by atoms with E-state index >= 15 is 0 Å². The SMILES string of the molecule is Clc1cc(-c2cccc(C34CCC(CC3)C4)c2)c2c(c1)C1(c3ccccc3O2)c2ccccc2-c2ccccc21.